The first-order valence-electron chi connectivity index (χ1n) is 5.09. The van der Waals surface area contributed by atoms with Gasteiger partial charge in [0.25, 0.3) is 0 Å². The molecule has 1 aliphatic rings. The molecule has 0 radical (unpaired) electrons. The minimum absolute atomic E-state index is 0.498. The van der Waals surface area contributed by atoms with Crippen LogP contribution in [-0.4, -0.2) is 32.4 Å². The van der Waals surface area contributed by atoms with Gasteiger partial charge in [0.15, 0.2) is 0 Å². The first-order chi connectivity index (χ1) is 7.55. The Labute approximate surface area is 101 Å². The maximum Gasteiger partial charge on any atom is 0.304 e. The zero-order valence-corrected chi connectivity index (χ0v) is 10.5. The van der Waals surface area contributed by atoms with Gasteiger partial charge in [0, 0.05) is 24.7 Å². The van der Waals surface area contributed by atoms with Gasteiger partial charge in [-0.15, -0.1) is 0 Å². The Balaban J connectivity index is 2.33. The lowest BCUT2D eigenvalue weighted by Gasteiger charge is -2.19. The molecule has 16 heavy (non-hydrogen) atoms. The van der Waals surface area contributed by atoms with Crippen LogP contribution in [0.3, 0.4) is 0 Å². The van der Waals surface area contributed by atoms with Crippen molar-refractivity contribution in [3.8, 4) is 0 Å². The molecule has 1 saturated heterocycles. The quantitative estimate of drug-likeness (QED) is 0.813. The van der Waals surface area contributed by atoms with E-state index in [9.17, 15) is 8.42 Å². The highest BCUT2D eigenvalue weighted by atomic mass is 35.5. The molecule has 0 aromatic heterocycles. The van der Waals surface area contributed by atoms with Crippen molar-refractivity contribution in [1.29, 1.82) is 0 Å². The Morgan fingerprint density at radius 2 is 1.88 bits per heavy atom. The lowest BCUT2D eigenvalue weighted by Crippen LogP contribution is -2.32. The third kappa shape index (κ3) is 1.90. The molecule has 0 bridgehead atoms. The van der Waals surface area contributed by atoms with Gasteiger partial charge >= 0.3 is 10.2 Å². The van der Waals surface area contributed by atoms with Crippen LogP contribution < -0.4 is 4.31 Å². The van der Waals surface area contributed by atoms with E-state index in [0.717, 1.165) is 0 Å². The molecule has 88 valence electrons. The topological polar surface area (TPSA) is 40.6 Å². The average molecular weight is 261 g/mol. The second kappa shape index (κ2) is 4.24. The van der Waals surface area contributed by atoms with Crippen molar-refractivity contribution in [3.63, 3.8) is 0 Å². The predicted octanol–water partition coefficient (Wildman–Crippen LogP) is 1.73. The molecule has 0 N–H and O–H groups in total. The van der Waals surface area contributed by atoms with Gasteiger partial charge in [0.1, 0.15) is 0 Å². The average Bonchev–Trinajstić information content (AvgIpc) is 2.54. The van der Waals surface area contributed by atoms with E-state index < -0.39 is 10.2 Å². The van der Waals surface area contributed by atoms with Gasteiger partial charge in [0.2, 0.25) is 0 Å². The second-order valence-electron chi connectivity index (χ2n) is 3.55. The maximum absolute atomic E-state index is 12.0. The van der Waals surface area contributed by atoms with Crippen molar-refractivity contribution in [1.82, 2.24) is 4.31 Å². The van der Waals surface area contributed by atoms with E-state index in [1.807, 2.05) is 6.92 Å². The second-order valence-corrected chi connectivity index (χ2v) is 5.84. The van der Waals surface area contributed by atoms with Crippen LogP contribution in [0.1, 0.15) is 6.92 Å². The van der Waals surface area contributed by atoms with Crippen LogP contribution in [0.5, 0.6) is 0 Å². The number of halogens is 1. The van der Waals surface area contributed by atoms with Gasteiger partial charge in [-0.2, -0.15) is 12.7 Å². The Morgan fingerprint density at radius 1 is 1.25 bits per heavy atom. The summed E-state index contributed by atoms with van der Waals surface area (Å²) >= 11 is 5.77. The smallest absolute Gasteiger partial charge is 0.256 e. The fourth-order valence-corrected chi connectivity index (χ4v) is 3.51. The molecule has 0 spiro atoms. The third-order valence-corrected chi connectivity index (χ3v) is 4.92. The van der Waals surface area contributed by atoms with E-state index in [0.29, 0.717) is 30.3 Å². The first-order valence-corrected chi connectivity index (χ1v) is 6.86. The fourth-order valence-electron chi connectivity index (χ4n) is 1.76. The largest absolute Gasteiger partial charge is 0.304 e. The summed E-state index contributed by atoms with van der Waals surface area (Å²) < 4.78 is 26.9. The maximum atomic E-state index is 12.0. The summed E-state index contributed by atoms with van der Waals surface area (Å²) in [7, 11) is -3.32. The van der Waals surface area contributed by atoms with E-state index >= 15 is 0 Å². The summed E-state index contributed by atoms with van der Waals surface area (Å²) in [6, 6.07) is 6.83. The van der Waals surface area contributed by atoms with Crippen molar-refractivity contribution >= 4 is 27.5 Å². The Bertz CT molecular complexity index is 472. The number of benzene rings is 1. The molecule has 0 unspecified atom stereocenters. The monoisotopic (exact) mass is 260 g/mol. The molecule has 0 aliphatic carbocycles. The van der Waals surface area contributed by atoms with Crippen LogP contribution in [0.4, 0.5) is 5.69 Å². The predicted molar refractivity (Wildman–Crippen MR) is 65.0 cm³/mol. The highest BCUT2D eigenvalue weighted by Gasteiger charge is 2.35. The Kier molecular flexibility index (Phi) is 3.10. The van der Waals surface area contributed by atoms with Crippen molar-refractivity contribution in [2.75, 3.05) is 23.9 Å². The van der Waals surface area contributed by atoms with Crippen molar-refractivity contribution in [3.05, 3.63) is 29.3 Å². The molecule has 1 fully saturated rings. The van der Waals surface area contributed by atoms with E-state index in [2.05, 4.69) is 0 Å². The lowest BCUT2D eigenvalue weighted by atomic mass is 10.3. The number of anilines is 1. The summed E-state index contributed by atoms with van der Waals surface area (Å²) in [6.45, 7) is 3.38. The zero-order chi connectivity index (χ0) is 11.8. The molecule has 0 saturated carbocycles. The summed E-state index contributed by atoms with van der Waals surface area (Å²) in [6.07, 6.45) is 0. The van der Waals surface area contributed by atoms with Gasteiger partial charge in [-0.25, -0.2) is 0 Å². The van der Waals surface area contributed by atoms with Gasteiger partial charge in [-0.3, -0.25) is 4.31 Å². The summed E-state index contributed by atoms with van der Waals surface area (Å²) in [4.78, 5) is 0. The van der Waals surface area contributed by atoms with Gasteiger partial charge in [-0.05, 0) is 24.3 Å². The van der Waals surface area contributed by atoms with Gasteiger partial charge < -0.3 is 0 Å². The van der Waals surface area contributed by atoms with E-state index in [1.165, 1.54) is 8.61 Å². The number of rotatable bonds is 2. The fraction of sp³-hybridized carbons (Fsp3) is 0.400. The molecule has 4 nitrogen and oxygen atoms in total. The van der Waals surface area contributed by atoms with Crippen LogP contribution in [0.2, 0.25) is 5.02 Å². The summed E-state index contributed by atoms with van der Waals surface area (Å²) in [5.74, 6) is 0. The molecule has 0 atom stereocenters. The zero-order valence-electron chi connectivity index (χ0n) is 8.93. The molecular weight excluding hydrogens is 248 g/mol. The van der Waals surface area contributed by atoms with E-state index in [-0.39, 0.29) is 0 Å². The van der Waals surface area contributed by atoms with Crippen LogP contribution >= 0.6 is 11.6 Å². The first kappa shape index (κ1) is 11.7. The highest BCUT2D eigenvalue weighted by molar-refractivity contribution is 7.90. The molecule has 1 aromatic carbocycles. The lowest BCUT2D eigenvalue weighted by molar-refractivity contribution is 0.469. The molecule has 1 aromatic rings. The summed E-state index contributed by atoms with van der Waals surface area (Å²) in [5.41, 5.74) is 0.667. The molecule has 1 aliphatic heterocycles. The summed E-state index contributed by atoms with van der Waals surface area (Å²) in [5, 5.41) is 0.604. The molecule has 0 amide bonds. The van der Waals surface area contributed by atoms with E-state index in [1.54, 1.807) is 24.3 Å². The van der Waals surface area contributed by atoms with Gasteiger partial charge in [-0.1, -0.05) is 18.5 Å². The minimum atomic E-state index is -3.32. The standard InChI is InChI=1S/C10H13ClN2O2S/c1-2-12-7-8-13(16(12,14)15)10-5-3-9(11)4-6-10/h3-6H,2,7-8H2,1H3. The van der Waals surface area contributed by atoms with Gasteiger partial charge in [0.05, 0.1) is 5.69 Å². The molecular formula is C10H13ClN2O2S. The van der Waals surface area contributed by atoms with Crippen molar-refractivity contribution < 1.29 is 8.42 Å². The van der Waals surface area contributed by atoms with Crippen molar-refractivity contribution in [2.24, 2.45) is 0 Å². The molecule has 6 heteroatoms. The van der Waals surface area contributed by atoms with E-state index in [4.69, 9.17) is 11.6 Å². The van der Waals surface area contributed by atoms with Crippen LogP contribution in [0.15, 0.2) is 24.3 Å². The Morgan fingerprint density at radius 3 is 2.38 bits per heavy atom. The third-order valence-electron chi connectivity index (χ3n) is 2.62. The van der Waals surface area contributed by atoms with Crippen LogP contribution in [0, 0.1) is 0 Å². The normalized spacial score (nSPS) is 20.2. The molecule has 2 rings (SSSR count). The number of nitrogens with zero attached hydrogens (tertiary/aromatic N) is 2. The highest BCUT2D eigenvalue weighted by Crippen LogP contribution is 2.25. The SMILES string of the molecule is CCN1CCN(c2ccc(Cl)cc2)S1(=O)=O. The number of likely N-dealkylation sites (N-methyl/N-ethyl adjacent to an activating group) is 1. The Hall–Kier alpha value is -0.780. The number of hydrogen-bond acceptors (Lipinski definition) is 2. The minimum Gasteiger partial charge on any atom is -0.256 e. The number of hydrogen-bond donors (Lipinski definition) is 0. The van der Waals surface area contributed by atoms with Crippen molar-refractivity contribution in [2.45, 2.75) is 6.92 Å². The van der Waals surface area contributed by atoms with Crippen LogP contribution in [-0.2, 0) is 10.2 Å². The molecule has 1 heterocycles. The van der Waals surface area contributed by atoms with Crippen LogP contribution in [0.25, 0.3) is 0 Å².